The molecule has 0 saturated carbocycles. The second-order valence-electron chi connectivity index (χ2n) is 2.94. The van der Waals surface area contributed by atoms with E-state index in [-0.39, 0.29) is 11.2 Å². The van der Waals surface area contributed by atoms with Crippen LogP contribution in [0, 0.1) is 11.3 Å². The van der Waals surface area contributed by atoms with E-state index in [2.05, 4.69) is 10.3 Å². The number of anilines is 1. The minimum Gasteiger partial charge on any atom is -0.361 e. The fourth-order valence-corrected chi connectivity index (χ4v) is 1.83. The van der Waals surface area contributed by atoms with Gasteiger partial charge in [0.05, 0.1) is 0 Å². The molecule has 6 heteroatoms. The van der Waals surface area contributed by atoms with Crippen molar-refractivity contribution in [3.63, 3.8) is 0 Å². The van der Waals surface area contributed by atoms with Crippen LogP contribution >= 0.6 is 22.9 Å². The van der Waals surface area contributed by atoms with Crippen LogP contribution in [0.4, 0.5) is 5.13 Å². The van der Waals surface area contributed by atoms with Gasteiger partial charge in [0, 0.05) is 12.6 Å². The van der Waals surface area contributed by atoms with Gasteiger partial charge in [-0.2, -0.15) is 5.26 Å². The topological polar surface area (TPSA) is 74.7 Å². The normalized spacial score (nSPS) is 12.1. The standard InChI is InChI=1S/C8H11ClN4S/c1-5(11)2-3-12-8-13-7(9)6(4-10)14-8/h5H,2-3,11H2,1H3,(H,12,13). The van der Waals surface area contributed by atoms with Crippen molar-refractivity contribution in [1.82, 2.24) is 4.98 Å². The van der Waals surface area contributed by atoms with E-state index in [1.54, 1.807) is 0 Å². The summed E-state index contributed by atoms with van der Waals surface area (Å²) in [4.78, 5) is 4.43. The van der Waals surface area contributed by atoms with E-state index in [1.165, 1.54) is 11.3 Å². The van der Waals surface area contributed by atoms with Crippen LogP contribution in [0.15, 0.2) is 0 Å². The Morgan fingerprint density at radius 1 is 1.79 bits per heavy atom. The van der Waals surface area contributed by atoms with Gasteiger partial charge in [-0.25, -0.2) is 4.98 Å². The molecule has 0 spiro atoms. The molecule has 0 fully saturated rings. The summed E-state index contributed by atoms with van der Waals surface area (Å²) < 4.78 is 0. The lowest BCUT2D eigenvalue weighted by Crippen LogP contribution is -2.19. The number of aromatic nitrogens is 1. The van der Waals surface area contributed by atoms with Gasteiger partial charge in [-0.3, -0.25) is 0 Å². The zero-order chi connectivity index (χ0) is 10.6. The molecule has 1 aromatic heterocycles. The highest BCUT2D eigenvalue weighted by Gasteiger charge is 2.07. The van der Waals surface area contributed by atoms with Gasteiger partial charge in [-0.15, -0.1) is 0 Å². The van der Waals surface area contributed by atoms with E-state index < -0.39 is 0 Å². The number of rotatable bonds is 4. The van der Waals surface area contributed by atoms with Crippen LogP contribution in [0.3, 0.4) is 0 Å². The third kappa shape index (κ3) is 3.14. The first-order valence-electron chi connectivity index (χ1n) is 4.19. The van der Waals surface area contributed by atoms with Crippen molar-refractivity contribution >= 4 is 28.1 Å². The predicted molar refractivity (Wildman–Crippen MR) is 58.6 cm³/mol. The maximum Gasteiger partial charge on any atom is 0.185 e. The SMILES string of the molecule is CC(N)CCNc1nc(Cl)c(C#N)s1. The van der Waals surface area contributed by atoms with Crippen LogP contribution < -0.4 is 11.1 Å². The molecule has 1 atom stereocenters. The first-order valence-corrected chi connectivity index (χ1v) is 5.38. The van der Waals surface area contributed by atoms with E-state index in [1.807, 2.05) is 13.0 Å². The first-order chi connectivity index (χ1) is 6.63. The molecule has 14 heavy (non-hydrogen) atoms. The number of nitrogens with two attached hydrogens (primary N) is 1. The fraction of sp³-hybridized carbons (Fsp3) is 0.500. The minimum absolute atomic E-state index is 0.161. The summed E-state index contributed by atoms with van der Waals surface area (Å²) >= 11 is 6.95. The summed E-state index contributed by atoms with van der Waals surface area (Å²) in [7, 11) is 0. The summed E-state index contributed by atoms with van der Waals surface area (Å²) in [5, 5.41) is 12.6. The van der Waals surface area contributed by atoms with Crippen molar-refractivity contribution in [1.29, 1.82) is 5.26 Å². The highest BCUT2D eigenvalue weighted by molar-refractivity contribution is 7.16. The Morgan fingerprint density at radius 2 is 2.50 bits per heavy atom. The van der Waals surface area contributed by atoms with Gasteiger partial charge < -0.3 is 11.1 Å². The molecule has 0 amide bonds. The summed E-state index contributed by atoms with van der Waals surface area (Å²) in [5.74, 6) is 0. The van der Waals surface area contributed by atoms with Crippen molar-refractivity contribution in [2.24, 2.45) is 5.73 Å². The van der Waals surface area contributed by atoms with Gasteiger partial charge in [-0.05, 0) is 13.3 Å². The van der Waals surface area contributed by atoms with Crippen LogP contribution in [0.1, 0.15) is 18.2 Å². The molecule has 0 bridgehead atoms. The summed E-state index contributed by atoms with van der Waals surface area (Å²) in [6.45, 7) is 2.68. The molecule has 3 N–H and O–H groups in total. The summed E-state index contributed by atoms with van der Waals surface area (Å²) in [6.07, 6.45) is 0.860. The maximum atomic E-state index is 8.63. The largest absolute Gasteiger partial charge is 0.361 e. The van der Waals surface area contributed by atoms with Crippen molar-refractivity contribution in [2.45, 2.75) is 19.4 Å². The fourth-order valence-electron chi connectivity index (χ4n) is 0.853. The number of nitrogens with one attached hydrogen (secondary N) is 1. The number of thiazole rings is 1. The first kappa shape index (κ1) is 11.2. The average Bonchev–Trinajstić information content (AvgIpc) is 2.45. The smallest absolute Gasteiger partial charge is 0.185 e. The summed E-state index contributed by atoms with van der Waals surface area (Å²) in [6, 6.07) is 2.13. The van der Waals surface area contributed by atoms with Crippen LogP contribution in [-0.2, 0) is 0 Å². The van der Waals surface area contributed by atoms with E-state index in [0.717, 1.165) is 13.0 Å². The Labute approximate surface area is 91.7 Å². The molecule has 0 aliphatic carbocycles. The summed E-state index contributed by atoms with van der Waals surface area (Å²) in [5.41, 5.74) is 5.58. The van der Waals surface area contributed by atoms with Crippen molar-refractivity contribution < 1.29 is 0 Å². The number of nitriles is 1. The van der Waals surface area contributed by atoms with Gasteiger partial charge in [0.1, 0.15) is 10.9 Å². The number of nitrogens with zero attached hydrogens (tertiary/aromatic N) is 2. The van der Waals surface area contributed by atoms with Gasteiger partial charge in [-0.1, -0.05) is 22.9 Å². The van der Waals surface area contributed by atoms with Crippen molar-refractivity contribution in [2.75, 3.05) is 11.9 Å². The number of halogens is 1. The lowest BCUT2D eigenvalue weighted by molar-refractivity contribution is 0.690. The highest BCUT2D eigenvalue weighted by atomic mass is 35.5. The van der Waals surface area contributed by atoms with Gasteiger partial charge >= 0.3 is 0 Å². The van der Waals surface area contributed by atoms with E-state index in [4.69, 9.17) is 22.6 Å². The molecule has 0 aliphatic rings. The molecule has 0 saturated heterocycles. The Balaban J connectivity index is 2.48. The lowest BCUT2D eigenvalue weighted by atomic mass is 10.2. The quantitative estimate of drug-likeness (QED) is 0.828. The van der Waals surface area contributed by atoms with E-state index >= 15 is 0 Å². The molecule has 1 aromatic rings. The highest BCUT2D eigenvalue weighted by Crippen LogP contribution is 2.25. The van der Waals surface area contributed by atoms with Crippen LogP contribution in [-0.4, -0.2) is 17.6 Å². The average molecular weight is 231 g/mol. The molecule has 1 heterocycles. The molecule has 0 aromatic carbocycles. The van der Waals surface area contributed by atoms with Gasteiger partial charge in [0.25, 0.3) is 0 Å². The number of hydrogen-bond acceptors (Lipinski definition) is 5. The predicted octanol–water partition coefficient (Wildman–Crippen LogP) is 1.82. The molecule has 76 valence electrons. The van der Waals surface area contributed by atoms with Crippen LogP contribution in [0.25, 0.3) is 0 Å². The van der Waals surface area contributed by atoms with Gasteiger partial charge in [0.15, 0.2) is 10.3 Å². The van der Waals surface area contributed by atoms with Gasteiger partial charge in [0.2, 0.25) is 0 Å². The van der Waals surface area contributed by atoms with E-state index in [0.29, 0.717) is 10.0 Å². The van der Waals surface area contributed by atoms with Crippen molar-refractivity contribution in [3.05, 3.63) is 10.0 Å². The van der Waals surface area contributed by atoms with Crippen LogP contribution in [0.2, 0.25) is 5.15 Å². The molecule has 0 radical (unpaired) electrons. The minimum atomic E-state index is 0.161. The zero-order valence-corrected chi connectivity index (χ0v) is 9.32. The Kier molecular flexibility index (Phi) is 4.14. The van der Waals surface area contributed by atoms with Crippen LogP contribution in [0.5, 0.6) is 0 Å². The molecule has 1 unspecified atom stereocenters. The molecular formula is C8H11ClN4S. The lowest BCUT2D eigenvalue weighted by Gasteiger charge is -2.04. The Bertz CT molecular complexity index is 342. The third-order valence-corrected chi connectivity index (χ3v) is 2.87. The maximum absolute atomic E-state index is 8.63. The molecule has 1 rings (SSSR count). The van der Waals surface area contributed by atoms with Crippen molar-refractivity contribution in [3.8, 4) is 6.07 Å². The Morgan fingerprint density at radius 3 is 3.00 bits per heavy atom. The third-order valence-electron chi connectivity index (χ3n) is 1.56. The second-order valence-corrected chi connectivity index (χ2v) is 4.30. The Hall–Kier alpha value is -0.830. The van der Waals surface area contributed by atoms with E-state index in [9.17, 15) is 0 Å². The molecular weight excluding hydrogens is 220 g/mol. The zero-order valence-electron chi connectivity index (χ0n) is 7.75. The monoisotopic (exact) mass is 230 g/mol. The molecule has 4 nitrogen and oxygen atoms in total. The molecule has 0 aliphatic heterocycles. The number of hydrogen-bond donors (Lipinski definition) is 2. The second kappa shape index (κ2) is 5.15.